The SMILES string of the molecule is COc1ccccc1CCCCC(=O)NN(C)C. The van der Waals surface area contributed by atoms with E-state index in [4.69, 9.17) is 4.74 Å². The highest BCUT2D eigenvalue weighted by Crippen LogP contribution is 2.19. The van der Waals surface area contributed by atoms with E-state index < -0.39 is 0 Å². The van der Waals surface area contributed by atoms with E-state index >= 15 is 0 Å². The van der Waals surface area contributed by atoms with Crippen LogP contribution in [0.15, 0.2) is 24.3 Å². The van der Waals surface area contributed by atoms with Crippen molar-refractivity contribution < 1.29 is 9.53 Å². The monoisotopic (exact) mass is 250 g/mol. The summed E-state index contributed by atoms with van der Waals surface area (Å²) in [6.45, 7) is 0. The lowest BCUT2D eigenvalue weighted by Crippen LogP contribution is -2.35. The van der Waals surface area contributed by atoms with Crippen LogP contribution in [0.2, 0.25) is 0 Å². The normalized spacial score (nSPS) is 10.4. The Labute approximate surface area is 109 Å². The number of amides is 1. The van der Waals surface area contributed by atoms with Crippen LogP contribution in [0.3, 0.4) is 0 Å². The fraction of sp³-hybridized carbons (Fsp3) is 0.500. The summed E-state index contributed by atoms with van der Waals surface area (Å²) in [6.07, 6.45) is 3.38. The average molecular weight is 250 g/mol. The van der Waals surface area contributed by atoms with Gasteiger partial charge in [0, 0.05) is 20.5 Å². The van der Waals surface area contributed by atoms with E-state index in [9.17, 15) is 4.79 Å². The predicted molar refractivity (Wildman–Crippen MR) is 72.4 cm³/mol. The fourth-order valence-electron chi connectivity index (χ4n) is 1.82. The van der Waals surface area contributed by atoms with Gasteiger partial charge in [-0.1, -0.05) is 18.2 Å². The van der Waals surface area contributed by atoms with Crippen molar-refractivity contribution in [2.45, 2.75) is 25.7 Å². The number of carbonyl (C=O) groups excluding carboxylic acids is 1. The first-order valence-corrected chi connectivity index (χ1v) is 6.22. The molecule has 1 rings (SSSR count). The van der Waals surface area contributed by atoms with Crippen LogP contribution >= 0.6 is 0 Å². The number of nitrogens with one attached hydrogen (secondary N) is 1. The van der Waals surface area contributed by atoms with Crippen LogP contribution in [-0.2, 0) is 11.2 Å². The van der Waals surface area contributed by atoms with E-state index in [-0.39, 0.29) is 5.91 Å². The zero-order valence-electron chi connectivity index (χ0n) is 11.4. The van der Waals surface area contributed by atoms with E-state index in [1.807, 2.05) is 32.3 Å². The van der Waals surface area contributed by atoms with E-state index in [2.05, 4.69) is 11.5 Å². The summed E-state index contributed by atoms with van der Waals surface area (Å²) in [6, 6.07) is 8.01. The van der Waals surface area contributed by atoms with Gasteiger partial charge in [-0.25, -0.2) is 5.01 Å². The number of nitrogens with zero attached hydrogens (tertiary/aromatic N) is 1. The van der Waals surface area contributed by atoms with Crippen molar-refractivity contribution in [2.24, 2.45) is 0 Å². The summed E-state index contributed by atoms with van der Waals surface area (Å²) in [4.78, 5) is 11.4. The van der Waals surface area contributed by atoms with E-state index in [0.29, 0.717) is 6.42 Å². The van der Waals surface area contributed by atoms with Gasteiger partial charge in [0.2, 0.25) is 5.91 Å². The largest absolute Gasteiger partial charge is 0.496 e. The van der Waals surface area contributed by atoms with E-state index in [0.717, 1.165) is 25.0 Å². The molecule has 100 valence electrons. The highest BCUT2D eigenvalue weighted by Gasteiger charge is 2.04. The molecule has 0 saturated carbocycles. The summed E-state index contributed by atoms with van der Waals surface area (Å²) in [5.41, 5.74) is 3.94. The summed E-state index contributed by atoms with van der Waals surface area (Å²) < 4.78 is 5.29. The molecule has 4 nitrogen and oxygen atoms in total. The molecule has 1 amide bonds. The number of ether oxygens (including phenoxy) is 1. The Morgan fingerprint density at radius 1 is 1.28 bits per heavy atom. The van der Waals surface area contributed by atoms with Crippen LogP contribution in [0.25, 0.3) is 0 Å². The maximum atomic E-state index is 11.4. The Morgan fingerprint density at radius 3 is 2.67 bits per heavy atom. The van der Waals surface area contributed by atoms with Crippen LogP contribution in [0, 0.1) is 0 Å². The van der Waals surface area contributed by atoms with Gasteiger partial charge in [-0.15, -0.1) is 0 Å². The molecule has 0 heterocycles. The zero-order valence-corrected chi connectivity index (χ0v) is 11.4. The molecule has 0 unspecified atom stereocenters. The van der Waals surface area contributed by atoms with Crippen molar-refractivity contribution >= 4 is 5.91 Å². The summed E-state index contributed by atoms with van der Waals surface area (Å²) in [5, 5.41) is 1.67. The average Bonchev–Trinajstić information content (AvgIpc) is 2.34. The third-order valence-electron chi connectivity index (χ3n) is 2.64. The van der Waals surface area contributed by atoms with Gasteiger partial charge in [-0.3, -0.25) is 10.2 Å². The maximum Gasteiger partial charge on any atom is 0.234 e. The first-order valence-electron chi connectivity index (χ1n) is 6.22. The van der Waals surface area contributed by atoms with Crippen LogP contribution in [-0.4, -0.2) is 32.1 Å². The molecule has 0 radical (unpaired) electrons. The Morgan fingerprint density at radius 2 is 2.00 bits per heavy atom. The van der Waals surface area contributed by atoms with Crippen LogP contribution in [0.4, 0.5) is 0 Å². The number of para-hydroxylation sites is 1. The van der Waals surface area contributed by atoms with Gasteiger partial charge in [0.1, 0.15) is 5.75 Å². The summed E-state index contributed by atoms with van der Waals surface area (Å²) >= 11 is 0. The van der Waals surface area contributed by atoms with Crippen LogP contribution in [0.5, 0.6) is 5.75 Å². The van der Waals surface area contributed by atoms with Crippen LogP contribution in [0.1, 0.15) is 24.8 Å². The minimum atomic E-state index is 0.0695. The van der Waals surface area contributed by atoms with E-state index in [1.54, 1.807) is 12.1 Å². The molecule has 1 aromatic rings. The third kappa shape index (κ3) is 5.19. The number of methoxy groups -OCH3 is 1. The number of hydrazine groups is 1. The molecular formula is C14H22N2O2. The highest BCUT2D eigenvalue weighted by atomic mass is 16.5. The molecule has 4 heteroatoms. The Kier molecular flexibility index (Phi) is 6.22. The number of rotatable bonds is 7. The number of carbonyl (C=O) groups is 1. The number of benzene rings is 1. The third-order valence-corrected chi connectivity index (χ3v) is 2.64. The summed E-state index contributed by atoms with van der Waals surface area (Å²) in [5.74, 6) is 0.996. The zero-order chi connectivity index (χ0) is 13.4. The lowest BCUT2D eigenvalue weighted by atomic mass is 10.1. The number of hydrogen-bond acceptors (Lipinski definition) is 3. The second kappa shape index (κ2) is 7.71. The maximum absolute atomic E-state index is 11.4. The van der Waals surface area contributed by atoms with Gasteiger partial charge in [0.15, 0.2) is 0 Å². The molecule has 0 atom stereocenters. The molecule has 0 aromatic heterocycles. The highest BCUT2D eigenvalue weighted by molar-refractivity contribution is 5.75. The van der Waals surface area contributed by atoms with Crippen molar-refractivity contribution in [1.29, 1.82) is 0 Å². The first-order chi connectivity index (χ1) is 8.63. The molecule has 1 aromatic carbocycles. The van der Waals surface area contributed by atoms with Crippen LogP contribution < -0.4 is 10.2 Å². The smallest absolute Gasteiger partial charge is 0.234 e. The fourth-order valence-corrected chi connectivity index (χ4v) is 1.82. The molecule has 0 aliphatic heterocycles. The molecule has 0 aliphatic carbocycles. The molecule has 0 saturated heterocycles. The number of aryl methyl sites for hydroxylation is 1. The molecule has 18 heavy (non-hydrogen) atoms. The van der Waals surface area contributed by atoms with Gasteiger partial charge < -0.3 is 4.74 Å². The van der Waals surface area contributed by atoms with Crippen molar-refractivity contribution in [3.63, 3.8) is 0 Å². The van der Waals surface area contributed by atoms with Crippen molar-refractivity contribution in [1.82, 2.24) is 10.4 Å². The van der Waals surface area contributed by atoms with Gasteiger partial charge in [-0.2, -0.15) is 0 Å². The first kappa shape index (κ1) is 14.5. The van der Waals surface area contributed by atoms with Gasteiger partial charge in [0.05, 0.1) is 7.11 Å². The Bertz CT molecular complexity index is 378. The van der Waals surface area contributed by atoms with Gasteiger partial charge in [-0.05, 0) is 30.9 Å². The predicted octanol–water partition coefficient (Wildman–Crippen LogP) is 2.00. The Balaban J connectivity index is 2.27. The standard InChI is InChI=1S/C14H22N2O2/c1-16(2)15-14(17)11-7-5-9-12-8-4-6-10-13(12)18-3/h4,6,8,10H,5,7,9,11H2,1-3H3,(H,15,17). The number of unbranched alkanes of at least 4 members (excludes halogenated alkanes) is 1. The summed E-state index contributed by atoms with van der Waals surface area (Å²) in [7, 11) is 5.31. The molecular weight excluding hydrogens is 228 g/mol. The quantitative estimate of drug-likeness (QED) is 0.594. The molecule has 1 N–H and O–H groups in total. The minimum Gasteiger partial charge on any atom is -0.496 e. The van der Waals surface area contributed by atoms with Crippen molar-refractivity contribution in [3.8, 4) is 5.75 Å². The van der Waals surface area contributed by atoms with Crippen molar-refractivity contribution in [2.75, 3.05) is 21.2 Å². The topological polar surface area (TPSA) is 41.6 Å². The molecule has 0 aliphatic rings. The number of hydrogen-bond donors (Lipinski definition) is 1. The van der Waals surface area contributed by atoms with Gasteiger partial charge in [0.25, 0.3) is 0 Å². The lowest BCUT2D eigenvalue weighted by Gasteiger charge is -2.11. The van der Waals surface area contributed by atoms with Crippen molar-refractivity contribution in [3.05, 3.63) is 29.8 Å². The molecule has 0 fully saturated rings. The minimum absolute atomic E-state index is 0.0695. The lowest BCUT2D eigenvalue weighted by molar-refractivity contribution is -0.124. The van der Waals surface area contributed by atoms with Gasteiger partial charge >= 0.3 is 0 Å². The molecule has 0 bridgehead atoms. The Hall–Kier alpha value is -1.55. The second-order valence-electron chi connectivity index (χ2n) is 4.45. The van der Waals surface area contributed by atoms with E-state index in [1.165, 1.54) is 5.56 Å². The molecule has 0 spiro atoms. The second-order valence-corrected chi connectivity index (χ2v) is 4.45.